The number of anilines is 1. The van der Waals surface area contributed by atoms with Crippen molar-refractivity contribution < 1.29 is 0 Å². The van der Waals surface area contributed by atoms with Crippen molar-refractivity contribution in [3.05, 3.63) is 11.3 Å². The fourth-order valence-corrected chi connectivity index (χ4v) is 1.39. The largest absolute Gasteiger partial charge is 0.383 e. The number of nitrogens with two attached hydrogens (primary N) is 1. The first kappa shape index (κ1) is 9.32. The first-order chi connectivity index (χ1) is 5.69. The topological polar surface area (TPSA) is 51.8 Å². The zero-order valence-corrected chi connectivity index (χ0v) is 8.40. The van der Waals surface area contributed by atoms with Crippen LogP contribution in [0.3, 0.4) is 0 Å². The minimum absolute atomic E-state index is 0.603. The molecule has 1 rings (SSSR count). The third-order valence-corrected chi connectivity index (χ3v) is 2.33. The molecule has 0 radical (unpaired) electrons. The second-order valence-corrected chi connectivity index (χ2v) is 3.29. The normalized spacial score (nSPS) is 10.2. The van der Waals surface area contributed by atoms with E-state index in [1.807, 2.05) is 13.2 Å². The summed E-state index contributed by atoms with van der Waals surface area (Å²) in [5, 5.41) is 0.759. The molecule has 1 aromatic rings. The zero-order valence-electron chi connectivity index (χ0n) is 7.59. The van der Waals surface area contributed by atoms with Crippen molar-refractivity contribution in [2.75, 3.05) is 12.0 Å². The van der Waals surface area contributed by atoms with E-state index in [0.717, 1.165) is 22.8 Å². The van der Waals surface area contributed by atoms with Gasteiger partial charge in [-0.05, 0) is 19.6 Å². The maximum atomic E-state index is 5.71. The molecule has 0 amide bonds. The van der Waals surface area contributed by atoms with E-state index < -0.39 is 0 Å². The Morgan fingerprint density at radius 2 is 2.08 bits per heavy atom. The fraction of sp³-hybridized carbons (Fsp3) is 0.500. The lowest BCUT2D eigenvalue weighted by atomic mass is 10.2. The molecule has 0 aliphatic rings. The summed E-state index contributed by atoms with van der Waals surface area (Å²) in [5.74, 6) is 0.603. The van der Waals surface area contributed by atoms with Gasteiger partial charge in [-0.25, -0.2) is 9.97 Å². The van der Waals surface area contributed by atoms with E-state index in [1.165, 1.54) is 11.8 Å². The predicted molar refractivity (Wildman–Crippen MR) is 52.3 cm³/mol. The number of hydrogen-bond acceptors (Lipinski definition) is 4. The van der Waals surface area contributed by atoms with Gasteiger partial charge in [0.2, 0.25) is 0 Å². The summed E-state index contributed by atoms with van der Waals surface area (Å²) in [6.45, 7) is 4.02. The zero-order chi connectivity index (χ0) is 9.14. The van der Waals surface area contributed by atoms with Gasteiger partial charge in [-0.1, -0.05) is 18.7 Å². The Morgan fingerprint density at radius 1 is 1.42 bits per heavy atom. The average Bonchev–Trinajstić information content (AvgIpc) is 2.09. The Labute approximate surface area is 76.8 Å². The molecule has 0 aliphatic heterocycles. The second kappa shape index (κ2) is 3.76. The third-order valence-electron chi connectivity index (χ3n) is 1.78. The predicted octanol–water partition coefficient (Wildman–Crippen LogP) is 1.65. The molecule has 0 unspecified atom stereocenters. The van der Waals surface area contributed by atoms with Crippen molar-refractivity contribution in [1.82, 2.24) is 9.97 Å². The Balaban J connectivity index is 3.19. The third kappa shape index (κ3) is 1.69. The smallest absolute Gasteiger partial charge is 0.189 e. The Bertz CT molecular complexity index is 286. The van der Waals surface area contributed by atoms with Gasteiger partial charge in [0.25, 0.3) is 0 Å². The lowest BCUT2D eigenvalue weighted by Gasteiger charge is -2.06. The molecule has 0 saturated carbocycles. The summed E-state index contributed by atoms with van der Waals surface area (Å²) in [5.41, 5.74) is 7.77. The number of rotatable bonds is 2. The van der Waals surface area contributed by atoms with Crippen LogP contribution in [0, 0.1) is 6.92 Å². The number of hydrogen-bond donors (Lipinski definition) is 1. The van der Waals surface area contributed by atoms with Crippen LogP contribution >= 0.6 is 11.8 Å². The van der Waals surface area contributed by atoms with Crippen LogP contribution in [0.15, 0.2) is 5.16 Å². The van der Waals surface area contributed by atoms with Crippen molar-refractivity contribution >= 4 is 17.6 Å². The van der Waals surface area contributed by atoms with Gasteiger partial charge in [-0.2, -0.15) is 0 Å². The Kier molecular flexibility index (Phi) is 2.92. The molecule has 0 bridgehead atoms. The molecule has 1 aromatic heterocycles. The fourth-order valence-electron chi connectivity index (χ4n) is 0.995. The van der Waals surface area contributed by atoms with E-state index in [4.69, 9.17) is 5.73 Å². The average molecular weight is 183 g/mol. The van der Waals surface area contributed by atoms with Gasteiger partial charge < -0.3 is 5.73 Å². The summed E-state index contributed by atoms with van der Waals surface area (Å²) < 4.78 is 0. The molecule has 3 nitrogen and oxygen atoms in total. The minimum Gasteiger partial charge on any atom is -0.383 e. The number of nitrogen functional groups attached to an aromatic ring is 1. The number of nitrogens with zero attached hydrogens (tertiary/aromatic N) is 2. The van der Waals surface area contributed by atoms with Gasteiger partial charge in [-0.15, -0.1) is 0 Å². The summed E-state index contributed by atoms with van der Waals surface area (Å²) in [6, 6.07) is 0. The monoisotopic (exact) mass is 183 g/mol. The highest BCUT2D eigenvalue weighted by Gasteiger charge is 2.05. The van der Waals surface area contributed by atoms with Gasteiger partial charge in [0, 0.05) is 11.3 Å². The molecular weight excluding hydrogens is 170 g/mol. The molecule has 0 atom stereocenters. The van der Waals surface area contributed by atoms with Crippen LogP contribution in [-0.2, 0) is 6.42 Å². The van der Waals surface area contributed by atoms with E-state index in [9.17, 15) is 0 Å². The van der Waals surface area contributed by atoms with Crippen LogP contribution in [-0.4, -0.2) is 16.2 Å². The molecule has 0 fully saturated rings. The summed E-state index contributed by atoms with van der Waals surface area (Å²) >= 11 is 1.52. The highest BCUT2D eigenvalue weighted by atomic mass is 32.2. The van der Waals surface area contributed by atoms with E-state index in [-0.39, 0.29) is 0 Å². The standard InChI is InChI=1S/C8H13N3S/c1-4-6-5(2)7(9)11-8(10-6)12-3/h4H2,1-3H3,(H2,9,10,11). The van der Waals surface area contributed by atoms with Crippen LogP contribution in [0.1, 0.15) is 18.2 Å². The minimum atomic E-state index is 0.603. The van der Waals surface area contributed by atoms with Crippen LogP contribution in [0.25, 0.3) is 0 Å². The van der Waals surface area contributed by atoms with Crippen LogP contribution in [0.4, 0.5) is 5.82 Å². The van der Waals surface area contributed by atoms with E-state index in [1.54, 1.807) is 0 Å². The molecule has 0 saturated heterocycles. The van der Waals surface area contributed by atoms with E-state index in [0.29, 0.717) is 5.82 Å². The van der Waals surface area contributed by atoms with Gasteiger partial charge >= 0.3 is 0 Å². The number of aryl methyl sites for hydroxylation is 1. The van der Waals surface area contributed by atoms with Crippen molar-refractivity contribution in [3.8, 4) is 0 Å². The van der Waals surface area contributed by atoms with E-state index in [2.05, 4.69) is 16.9 Å². The second-order valence-electron chi connectivity index (χ2n) is 2.52. The summed E-state index contributed by atoms with van der Waals surface area (Å²) in [7, 11) is 0. The Hall–Kier alpha value is -0.770. The summed E-state index contributed by atoms with van der Waals surface area (Å²) in [4.78, 5) is 8.47. The molecule has 0 aromatic carbocycles. The van der Waals surface area contributed by atoms with Crippen molar-refractivity contribution in [2.45, 2.75) is 25.4 Å². The van der Waals surface area contributed by atoms with Crippen LogP contribution in [0.5, 0.6) is 0 Å². The SMILES string of the molecule is CCc1nc(SC)nc(N)c1C. The molecule has 0 aliphatic carbocycles. The van der Waals surface area contributed by atoms with Gasteiger partial charge in [0.15, 0.2) is 5.16 Å². The van der Waals surface area contributed by atoms with E-state index >= 15 is 0 Å². The van der Waals surface area contributed by atoms with Gasteiger partial charge in [-0.3, -0.25) is 0 Å². The van der Waals surface area contributed by atoms with Crippen LogP contribution < -0.4 is 5.73 Å². The van der Waals surface area contributed by atoms with Crippen molar-refractivity contribution in [2.24, 2.45) is 0 Å². The maximum Gasteiger partial charge on any atom is 0.189 e. The molecule has 12 heavy (non-hydrogen) atoms. The Morgan fingerprint density at radius 3 is 2.58 bits per heavy atom. The maximum absolute atomic E-state index is 5.71. The lowest BCUT2D eigenvalue weighted by Crippen LogP contribution is -2.03. The molecule has 2 N–H and O–H groups in total. The van der Waals surface area contributed by atoms with Crippen molar-refractivity contribution in [3.63, 3.8) is 0 Å². The molecule has 1 heterocycles. The van der Waals surface area contributed by atoms with Gasteiger partial charge in [0.1, 0.15) is 5.82 Å². The lowest BCUT2D eigenvalue weighted by molar-refractivity contribution is 0.880. The highest BCUT2D eigenvalue weighted by molar-refractivity contribution is 7.98. The number of thioether (sulfide) groups is 1. The summed E-state index contributed by atoms with van der Waals surface area (Å²) in [6.07, 6.45) is 2.86. The molecule has 0 spiro atoms. The number of aromatic nitrogens is 2. The highest BCUT2D eigenvalue weighted by Crippen LogP contribution is 2.17. The molecule has 4 heteroatoms. The first-order valence-corrected chi connectivity index (χ1v) is 5.08. The molecule has 66 valence electrons. The van der Waals surface area contributed by atoms with Crippen molar-refractivity contribution in [1.29, 1.82) is 0 Å². The molecular formula is C8H13N3S. The van der Waals surface area contributed by atoms with Gasteiger partial charge in [0.05, 0.1) is 0 Å². The van der Waals surface area contributed by atoms with Crippen LogP contribution in [0.2, 0.25) is 0 Å². The quantitative estimate of drug-likeness (QED) is 0.559. The first-order valence-electron chi connectivity index (χ1n) is 3.86.